The quantitative estimate of drug-likeness (QED) is 0.812. The Morgan fingerprint density at radius 1 is 1.12 bits per heavy atom. The van der Waals surface area contributed by atoms with E-state index in [-0.39, 0.29) is 27.2 Å². The highest BCUT2D eigenvalue weighted by Crippen LogP contribution is 2.30. The summed E-state index contributed by atoms with van der Waals surface area (Å²) in [6.07, 6.45) is -0.436. The molecule has 2 aromatic rings. The van der Waals surface area contributed by atoms with Gasteiger partial charge in [0.25, 0.3) is 10.0 Å². The third-order valence-corrected chi connectivity index (χ3v) is 5.65. The number of aliphatic carboxylic acids is 1. The standard InChI is InChI=1S/C15H12Cl2FNO4S/c16-10-1-6-13(17)14(9-10)24(22,23)19(8-7-15(20)21)12-4-2-11(18)3-5-12/h1-6,9H,7-8H2,(H,20,21). The summed E-state index contributed by atoms with van der Waals surface area (Å²) in [5, 5.41) is 8.97. The first-order valence-electron chi connectivity index (χ1n) is 6.67. The molecule has 0 bridgehead atoms. The maximum Gasteiger partial charge on any atom is 0.305 e. The van der Waals surface area contributed by atoms with E-state index in [0.29, 0.717) is 0 Å². The number of carboxylic acid groups (broad SMARTS) is 1. The lowest BCUT2D eigenvalue weighted by Crippen LogP contribution is -2.33. The Hall–Kier alpha value is -1.83. The molecule has 1 N–H and O–H groups in total. The highest BCUT2D eigenvalue weighted by molar-refractivity contribution is 7.93. The summed E-state index contributed by atoms with van der Waals surface area (Å²) in [6, 6.07) is 8.59. The molecule has 24 heavy (non-hydrogen) atoms. The van der Waals surface area contributed by atoms with Crippen LogP contribution in [0, 0.1) is 5.82 Å². The maximum absolute atomic E-state index is 13.1. The van der Waals surface area contributed by atoms with Crippen molar-refractivity contribution in [3.8, 4) is 0 Å². The fourth-order valence-corrected chi connectivity index (χ4v) is 4.19. The number of benzene rings is 2. The minimum atomic E-state index is -4.18. The Bertz CT molecular complexity index is 856. The van der Waals surface area contributed by atoms with Gasteiger partial charge in [-0.05, 0) is 42.5 Å². The Balaban J connectivity index is 2.54. The van der Waals surface area contributed by atoms with Gasteiger partial charge in [-0.15, -0.1) is 0 Å². The molecule has 0 unspecified atom stereocenters. The SMILES string of the molecule is O=C(O)CCN(c1ccc(F)cc1)S(=O)(=O)c1cc(Cl)ccc1Cl. The molecule has 5 nitrogen and oxygen atoms in total. The van der Waals surface area contributed by atoms with Crippen molar-refractivity contribution >= 4 is 44.9 Å². The number of hydrogen-bond acceptors (Lipinski definition) is 3. The van der Waals surface area contributed by atoms with Crippen molar-refractivity contribution in [3.63, 3.8) is 0 Å². The van der Waals surface area contributed by atoms with Crippen molar-refractivity contribution in [2.45, 2.75) is 11.3 Å². The maximum atomic E-state index is 13.1. The molecule has 128 valence electrons. The average Bonchev–Trinajstić information content (AvgIpc) is 2.51. The first-order chi connectivity index (χ1) is 11.2. The van der Waals surface area contributed by atoms with Crippen LogP contribution in [0.5, 0.6) is 0 Å². The van der Waals surface area contributed by atoms with Crippen molar-refractivity contribution in [3.05, 3.63) is 58.3 Å². The number of anilines is 1. The van der Waals surface area contributed by atoms with E-state index in [1.165, 1.54) is 30.3 Å². The van der Waals surface area contributed by atoms with Crippen LogP contribution in [0.3, 0.4) is 0 Å². The molecule has 0 amide bonds. The van der Waals surface area contributed by atoms with Crippen LogP contribution in [0.4, 0.5) is 10.1 Å². The zero-order valence-corrected chi connectivity index (χ0v) is 14.4. The van der Waals surface area contributed by atoms with Crippen LogP contribution in [0.1, 0.15) is 6.42 Å². The Morgan fingerprint density at radius 3 is 2.33 bits per heavy atom. The second-order valence-corrected chi connectivity index (χ2v) is 7.45. The van der Waals surface area contributed by atoms with E-state index in [2.05, 4.69) is 0 Å². The van der Waals surface area contributed by atoms with Crippen LogP contribution in [0.2, 0.25) is 10.0 Å². The van der Waals surface area contributed by atoms with Crippen LogP contribution in [-0.2, 0) is 14.8 Å². The first-order valence-corrected chi connectivity index (χ1v) is 8.86. The van der Waals surface area contributed by atoms with E-state index in [0.717, 1.165) is 16.4 Å². The van der Waals surface area contributed by atoms with Gasteiger partial charge < -0.3 is 5.11 Å². The van der Waals surface area contributed by atoms with Gasteiger partial charge in [0, 0.05) is 11.6 Å². The lowest BCUT2D eigenvalue weighted by Gasteiger charge is -2.24. The van der Waals surface area contributed by atoms with E-state index in [4.69, 9.17) is 28.3 Å². The van der Waals surface area contributed by atoms with E-state index in [9.17, 15) is 17.6 Å². The number of halogens is 3. The minimum Gasteiger partial charge on any atom is -0.481 e. The zero-order valence-electron chi connectivity index (χ0n) is 12.1. The summed E-state index contributed by atoms with van der Waals surface area (Å²) in [4.78, 5) is 10.6. The average molecular weight is 392 g/mol. The van der Waals surface area contributed by atoms with Gasteiger partial charge in [-0.25, -0.2) is 12.8 Å². The molecule has 2 rings (SSSR count). The second-order valence-electron chi connectivity index (χ2n) is 4.77. The molecule has 0 atom stereocenters. The highest BCUT2D eigenvalue weighted by atomic mass is 35.5. The monoisotopic (exact) mass is 391 g/mol. The fraction of sp³-hybridized carbons (Fsp3) is 0.133. The van der Waals surface area contributed by atoms with E-state index in [1.54, 1.807) is 0 Å². The van der Waals surface area contributed by atoms with Crippen molar-refractivity contribution in [2.24, 2.45) is 0 Å². The third-order valence-electron chi connectivity index (χ3n) is 3.10. The molecule has 0 heterocycles. The summed E-state index contributed by atoms with van der Waals surface area (Å²) >= 11 is 11.8. The number of sulfonamides is 1. The summed E-state index contributed by atoms with van der Waals surface area (Å²) in [5.41, 5.74) is 0.119. The number of nitrogens with zero attached hydrogens (tertiary/aromatic N) is 1. The number of carbonyl (C=O) groups is 1. The summed E-state index contributed by atoms with van der Waals surface area (Å²) in [7, 11) is -4.18. The van der Waals surface area contributed by atoms with Crippen LogP contribution in [-0.4, -0.2) is 26.0 Å². The normalized spacial score (nSPS) is 11.3. The molecule has 0 aromatic heterocycles. The van der Waals surface area contributed by atoms with Crippen molar-refractivity contribution in [2.75, 3.05) is 10.8 Å². The van der Waals surface area contributed by atoms with Crippen molar-refractivity contribution < 1.29 is 22.7 Å². The van der Waals surface area contributed by atoms with Gasteiger partial charge in [-0.3, -0.25) is 9.10 Å². The van der Waals surface area contributed by atoms with Gasteiger partial charge in [0.1, 0.15) is 10.7 Å². The lowest BCUT2D eigenvalue weighted by atomic mass is 10.3. The van der Waals surface area contributed by atoms with Crippen LogP contribution < -0.4 is 4.31 Å². The van der Waals surface area contributed by atoms with E-state index < -0.39 is 28.2 Å². The topological polar surface area (TPSA) is 74.7 Å². The smallest absolute Gasteiger partial charge is 0.305 e. The predicted octanol–water partition coefficient (Wildman–Crippen LogP) is 3.80. The summed E-state index contributed by atoms with van der Waals surface area (Å²) < 4.78 is 39.8. The Kier molecular flexibility index (Phi) is 5.69. The van der Waals surface area contributed by atoms with Gasteiger partial charge in [0.2, 0.25) is 0 Å². The largest absolute Gasteiger partial charge is 0.481 e. The Labute approximate surface area is 148 Å². The molecule has 2 aromatic carbocycles. The fourth-order valence-electron chi connectivity index (χ4n) is 1.99. The number of hydrogen-bond donors (Lipinski definition) is 1. The van der Waals surface area contributed by atoms with Gasteiger partial charge in [-0.1, -0.05) is 23.2 Å². The van der Waals surface area contributed by atoms with E-state index in [1.807, 2.05) is 0 Å². The Morgan fingerprint density at radius 2 is 1.75 bits per heavy atom. The lowest BCUT2D eigenvalue weighted by molar-refractivity contribution is -0.136. The van der Waals surface area contributed by atoms with Gasteiger partial charge >= 0.3 is 5.97 Å². The van der Waals surface area contributed by atoms with Crippen LogP contribution in [0.15, 0.2) is 47.4 Å². The molecule has 0 fully saturated rings. The van der Waals surface area contributed by atoms with Crippen molar-refractivity contribution in [1.82, 2.24) is 0 Å². The molecule has 0 spiro atoms. The molecule has 0 aliphatic carbocycles. The van der Waals surface area contributed by atoms with Gasteiger partial charge in [-0.2, -0.15) is 0 Å². The molecular formula is C15H12Cl2FNO4S. The highest BCUT2D eigenvalue weighted by Gasteiger charge is 2.28. The number of carboxylic acids is 1. The predicted molar refractivity (Wildman–Crippen MR) is 89.6 cm³/mol. The van der Waals surface area contributed by atoms with Crippen LogP contribution >= 0.6 is 23.2 Å². The zero-order chi connectivity index (χ0) is 17.9. The molecular weight excluding hydrogens is 380 g/mol. The second kappa shape index (κ2) is 7.38. The third kappa shape index (κ3) is 4.17. The molecule has 0 aliphatic heterocycles. The molecule has 9 heteroatoms. The van der Waals surface area contributed by atoms with Crippen molar-refractivity contribution in [1.29, 1.82) is 0 Å². The molecule has 0 saturated heterocycles. The summed E-state index contributed by atoms with van der Waals surface area (Å²) in [6.45, 7) is -0.341. The molecule has 0 aliphatic rings. The minimum absolute atomic E-state index is 0.0539. The van der Waals surface area contributed by atoms with Crippen LogP contribution in [0.25, 0.3) is 0 Å². The van der Waals surface area contributed by atoms with Gasteiger partial charge in [0.05, 0.1) is 17.1 Å². The summed E-state index contributed by atoms with van der Waals surface area (Å²) in [5.74, 6) is -1.72. The molecule has 0 saturated carbocycles. The van der Waals surface area contributed by atoms with Gasteiger partial charge in [0.15, 0.2) is 0 Å². The first kappa shape index (κ1) is 18.5. The van der Waals surface area contributed by atoms with E-state index >= 15 is 0 Å². The number of rotatable bonds is 6. The molecule has 0 radical (unpaired) electrons.